The second-order valence-corrected chi connectivity index (χ2v) is 7.92. The molecule has 0 aliphatic rings. The molecule has 2 N–H and O–H groups in total. The van der Waals surface area contributed by atoms with E-state index in [4.69, 9.17) is 17.0 Å². The van der Waals surface area contributed by atoms with Crippen molar-refractivity contribution < 1.29 is 9.53 Å². The number of hydrogen-bond donors (Lipinski definition) is 2. The number of thiazole rings is 1. The molecule has 142 valence electrons. The standard InChI is InChI=1S/C18H15N5O2S3/c1-25-12-6-4-11(5-7-12)16-21-22-18(26)23(16)9-15(24)20-17-19-13(10-28-17)14-3-2-8-27-14/h2-8,10H,9H2,1H3,(H,22,26)(H,19,20,24). The summed E-state index contributed by atoms with van der Waals surface area (Å²) in [6, 6.07) is 11.4. The van der Waals surface area contributed by atoms with Gasteiger partial charge in [-0.2, -0.15) is 5.10 Å². The fraction of sp³-hybridized carbons (Fsp3) is 0.111. The van der Waals surface area contributed by atoms with Gasteiger partial charge in [-0.3, -0.25) is 14.5 Å². The van der Waals surface area contributed by atoms with Crippen LogP contribution in [-0.4, -0.2) is 32.8 Å². The monoisotopic (exact) mass is 429 g/mol. The summed E-state index contributed by atoms with van der Waals surface area (Å²) in [6.45, 7) is 0.0324. The Labute approximate surface area is 173 Å². The molecule has 3 aromatic heterocycles. The van der Waals surface area contributed by atoms with Crippen LogP contribution in [0.5, 0.6) is 5.75 Å². The SMILES string of the molecule is COc1ccc(-c2n[nH]c(=S)n2CC(=O)Nc2nc(-c3cccs3)cs2)cc1. The summed E-state index contributed by atoms with van der Waals surface area (Å²) in [5, 5.41) is 14.3. The van der Waals surface area contributed by atoms with E-state index >= 15 is 0 Å². The molecular weight excluding hydrogens is 414 g/mol. The van der Waals surface area contributed by atoms with Crippen molar-refractivity contribution in [3.05, 3.63) is 51.9 Å². The van der Waals surface area contributed by atoms with Gasteiger partial charge in [0, 0.05) is 10.9 Å². The minimum Gasteiger partial charge on any atom is -0.497 e. The molecule has 0 atom stereocenters. The van der Waals surface area contributed by atoms with E-state index in [1.807, 2.05) is 47.2 Å². The Hall–Kier alpha value is -2.82. The molecule has 0 aliphatic carbocycles. The number of thiophene rings is 1. The van der Waals surface area contributed by atoms with Crippen LogP contribution in [0, 0.1) is 4.77 Å². The van der Waals surface area contributed by atoms with Gasteiger partial charge in [0.1, 0.15) is 12.3 Å². The zero-order chi connectivity index (χ0) is 19.5. The third kappa shape index (κ3) is 3.88. The lowest BCUT2D eigenvalue weighted by atomic mass is 10.2. The predicted molar refractivity (Wildman–Crippen MR) is 113 cm³/mol. The Morgan fingerprint density at radius 3 is 2.82 bits per heavy atom. The maximum Gasteiger partial charge on any atom is 0.246 e. The fourth-order valence-corrected chi connectivity index (χ4v) is 4.28. The molecule has 0 saturated heterocycles. The maximum absolute atomic E-state index is 12.5. The number of aromatic amines is 1. The highest BCUT2D eigenvalue weighted by Gasteiger charge is 2.14. The van der Waals surface area contributed by atoms with Crippen LogP contribution >= 0.6 is 34.9 Å². The number of carbonyl (C=O) groups is 1. The number of H-pyrrole nitrogens is 1. The van der Waals surface area contributed by atoms with Crippen LogP contribution in [0.4, 0.5) is 5.13 Å². The number of amides is 1. The number of benzene rings is 1. The average Bonchev–Trinajstić information content (AvgIpc) is 3.44. The average molecular weight is 430 g/mol. The Bertz CT molecular complexity index is 1140. The number of ether oxygens (including phenoxy) is 1. The molecule has 1 amide bonds. The van der Waals surface area contributed by atoms with E-state index in [0.29, 0.717) is 15.7 Å². The third-order valence-corrected chi connectivity index (χ3v) is 5.89. The molecule has 0 saturated carbocycles. The molecule has 0 aliphatic heterocycles. The zero-order valence-corrected chi connectivity index (χ0v) is 17.2. The van der Waals surface area contributed by atoms with E-state index < -0.39 is 0 Å². The van der Waals surface area contributed by atoms with Crippen molar-refractivity contribution in [2.24, 2.45) is 0 Å². The van der Waals surface area contributed by atoms with Crippen LogP contribution in [-0.2, 0) is 11.3 Å². The molecule has 1 aromatic carbocycles. The van der Waals surface area contributed by atoms with Crippen LogP contribution in [0.2, 0.25) is 0 Å². The smallest absolute Gasteiger partial charge is 0.246 e. The van der Waals surface area contributed by atoms with E-state index in [0.717, 1.165) is 21.9 Å². The number of nitrogens with zero attached hydrogens (tertiary/aromatic N) is 3. The lowest BCUT2D eigenvalue weighted by Crippen LogP contribution is -2.19. The molecule has 0 radical (unpaired) electrons. The first kappa shape index (κ1) is 18.5. The molecule has 4 rings (SSSR count). The molecular formula is C18H15N5O2S3. The van der Waals surface area contributed by atoms with Gasteiger partial charge in [-0.25, -0.2) is 4.98 Å². The second-order valence-electron chi connectivity index (χ2n) is 5.73. The first-order chi connectivity index (χ1) is 13.6. The highest BCUT2D eigenvalue weighted by Crippen LogP contribution is 2.28. The van der Waals surface area contributed by atoms with Crippen molar-refractivity contribution in [2.45, 2.75) is 6.54 Å². The summed E-state index contributed by atoms with van der Waals surface area (Å²) in [5.41, 5.74) is 1.68. The molecule has 7 nitrogen and oxygen atoms in total. The Morgan fingerprint density at radius 2 is 2.11 bits per heavy atom. The summed E-state index contributed by atoms with van der Waals surface area (Å²) in [4.78, 5) is 18.1. The van der Waals surface area contributed by atoms with E-state index in [2.05, 4.69) is 20.5 Å². The van der Waals surface area contributed by atoms with Gasteiger partial charge in [0.25, 0.3) is 0 Å². The maximum atomic E-state index is 12.5. The van der Waals surface area contributed by atoms with Crippen molar-refractivity contribution in [1.82, 2.24) is 19.7 Å². The van der Waals surface area contributed by atoms with Gasteiger partial charge >= 0.3 is 0 Å². The van der Waals surface area contributed by atoms with Crippen LogP contribution < -0.4 is 10.1 Å². The highest BCUT2D eigenvalue weighted by molar-refractivity contribution is 7.71. The van der Waals surface area contributed by atoms with Crippen molar-refractivity contribution in [2.75, 3.05) is 12.4 Å². The molecule has 0 bridgehead atoms. The van der Waals surface area contributed by atoms with Crippen LogP contribution in [0.3, 0.4) is 0 Å². The molecule has 10 heteroatoms. The Morgan fingerprint density at radius 1 is 1.29 bits per heavy atom. The topological polar surface area (TPSA) is 84.8 Å². The first-order valence-electron chi connectivity index (χ1n) is 8.23. The van der Waals surface area contributed by atoms with Crippen molar-refractivity contribution >= 4 is 45.9 Å². The van der Waals surface area contributed by atoms with Gasteiger partial charge in [0.05, 0.1) is 17.7 Å². The predicted octanol–water partition coefficient (Wildman–Crippen LogP) is 4.44. The second kappa shape index (κ2) is 8.05. The highest BCUT2D eigenvalue weighted by atomic mass is 32.1. The fourth-order valence-electron chi connectivity index (χ4n) is 2.60. The molecule has 0 fully saturated rings. The van der Waals surface area contributed by atoms with Crippen molar-refractivity contribution in [3.8, 4) is 27.7 Å². The minimum atomic E-state index is -0.223. The van der Waals surface area contributed by atoms with E-state index in [1.54, 1.807) is 23.0 Å². The Kier molecular flexibility index (Phi) is 5.33. The lowest BCUT2D eigenvalue weighted by molar-refractivity contribution is -0.116. The summed E-state index contributed by atoms with van der Waals surface area (Å²) in [5.74, 6) is 1.10. The third-order valence-electron chi connectivity index (χ3n) is 3.93. The molecule has 0 unspecified atom stereocenters. The van der Waals surface area contributed by atoms with Gasteiger partial charge in [-0.05, 0) is 47.9 Å². The van der Waals surface area contributed by atoms with Gasteiger partial charge < -0.3 is 10.1 Å². The van der Waals surface area contributed by atoms with Crippen molar-refractivity contribution in [1.29, 1.82) is 0 Å². The van der Waals surface area contributed by atoms with Gasteiger partial charge in [-0.15, -0.1) is 22.7 Å². The number of nitrogens with one attached hydrogen (secondary N) is 2. The largest absolute Gasteiger partial charge is 0.497 e. The van der Waals surface area contributed by atoms with Crippen LogP contribution in [0.1, 0.15) is 0 Å². The Balaban J connectivity index is 1.50. The van der Waals surface area contributed by atoms with Crippen LogP contribution in [0.15, 0.2) is 47.2 Å². The van der Waals surface area contributed by atoms with Crippen LogP contribution in [0.25, 0.3) is 22.0 Å². The van der Waals surface area contributed by atoms with Crippen molar-refractivity contribution in [3.63, 3.8) is 0 Å². The number of anilines is 1. The minimum absolute atomic E-state index is 0.0324. The quantitative estimate of drug-likeness (QED) is 0.443. The summed E-state index contributed by atoms with van der Waals surface area (Å²) in [6.07, 6.45) is 0. The number of rotatable bonds is 6. The summed E-state index contributed by atoms with van der Waals surface area (Å²) < 4.78 is 7.20. The van der Waals surface area contributed by atoms with Gasteiger partial charge in [-0.1, -0.05) is 6.07 Å². The summed E-state index contributed by atoms with van der Waals surface area (Å²) >= 11 is 8.29. The zero-order valence-electron chi connectivity index (χ0n) is 14.7. The van der Waals surface area contributed by atoms with E-state index in [1.165, 1.54) is 11.3 Å². The number of methoxy groups -OCH3 is 1. The summed E-state index contributed by atoms with van der Waals surface area (Å²) in [7, 11) is 1.61. The van der Waals surface area contributed by atoms with E-state index in [-0.39, 0.29) is 12.5 Å². The van der Waals surface area contributed by atoms with E-state index in [9.17, 15) is 4.79 Å². The molecule has 28 heavy (non-hydrogen) atoms. The molecule has 4 aromatic rings. The molecule has 3 heterocycles. The first-order valence-corrected chi connectivity index (χ1v) is 10.4. The number of aromatic nitrogens is 4. The van der Waals surface area contributed by atoms with Gasteiger partial charge in [0.15, 0.2) is 15.7 Å². The molecule has 0 spiro atoms. The lowest BCUT2D eigenvalue weighted by Gasteiger charge is -2.07. The normalized spacial score (nSPS) is 10.8. The number of hydrogen-bond acceptors (Lipinski definition) is 7. The van der Waals surface area contributed by atoms with Gasteiger partial charge in [0.2, 0.25) is 5.91 Å². The number of carbonyl (C=O) groups excluding carboxylic acids is 1.